The molecule has 4 heteroatoms. The molecule has 2 nitrogen and oxygen atoms in total. The largest absolute Gasteiger partial charge is 0.459 e. The van der Waals surface area contributed by atoms with Gasteiger partial charge in [-0.3, -0.25) is 0 Å². The van der Waals surface area contributed by atoms with Crippen LogP contribution in [0.2, 0.25) is 0 Å². The van der Waals surface area contributed by atoms with Crippen molar-refractivity contribution in [2.75, 3.05) is 11.5 Å². The Labute approximate surface area is 116 Å². The van der Waals surface area contributed by atoms with Crippen molar-refractivity contribution in [2.45, 2.75) is 23.5 Å². The number of hydrogen-bond acceptors (Lipinski definition) is 4. The van der Waals surface area contributed by atoms with E-state index in [0.29, 0.717) is 10.5 Å². The van der Waals surface area contributed by atoms with Crippen LogP contribution in [0.15, 0.2) is 34.7 Å². The highest BCUT2D eigenvalue weighted by Crippen LogP contribution is 2.38. The zero-order valence-electron chi connectivity index (χ0n) is 10.3. The molecule has 1 aromatic carbocycles. The monoisotopic (exact) mass is 279 g/mol. The highest BCUT2D eigenvalue weighted by Gasteiger charge is 2.30. The van der Waals surface area contributed by atoms with E-state index in [1.54, 1.807) is 0 Å². The lowest BCUT2D eigenvalue weighted by atomic mass is 10.1. The molecule has 1 saturated heterocycles. The summed E-state index contributed by atoms with van der Waals surface area (Å²) in [7, 11) is 0. The van der Waals surface area contributed by atoms with Crippen LogP contribution in [0.1, 0.15) is 18.7 Å². The molecule has 3 unspecified atom stereocenters. The van der Waals surface area contributed by atoms with E-state index in [0.717, 1.165) is 16.7 Å². The van der Waals surface area contributed by atoms with Crippen LogP contribution < -0.4 is 5.73 Å². The third-order valence-corrected chi connectivity index (χ3v) is 6.58. The lowest BCUT2D eigenvalue weighted by Crippen LogP contribution is -2.33. The van der Waals surface area contributed by atoms with Gasteiger partial charge in [0.15, 0.2) is 0 Å². The molecule has 1 aliphatic rings. The predicted octanol–water partition coefficient (Wildman–Crippen LogP) is 3.67. The molecule has 0 aliphatic carbocycles. The minimum Gasteiger partial charge on any atom is -0.459 e. The Morgan fingerprint density at radius 1 is 1.28 bits per heavy atom. The third-order valence-electron chi connectivity index (χ3n) is 3.36. The van der Waals surface area contributed by atoms with E-state index >= 15 is 0 Å². The first-order valence-corrected chi connectivity index (χ1v) is 8.33. The van der Waals surface area contributed by atoms with Crippen LogP contribution in [0.4, 0.5) is 0 Å². The Bertz CT molecular complexity index is 506. The maximum absolute atomic E-state index is 6.40. The lowest BCUT2D eigenvalue weighted by Gasteiger charge is -2.31. The molecule has 0 saturated carbocycles. The van der Waals surface area contributed by atoms with Gasteiger partial charge in [-0.05, 0) is 12.1 Å². The maximum atomic E-state index is 6.40. The van der Waals surface area contributed by atoms with Crippen molar-refractivity contribution < 1.29 is 4.42 Å². The summed E-state index contributed by atoms with van der Waals surface area (Å²) < 4.78 is 5.88. The fourth-order valence-corrected chi connectivity index (χ4v) is 5.23. The normalized spacial score (nSPS) is 26.3. The molecule has 1 aliphatic heterocycles. The second-order valence-corrected chi connectivity index (χ2v) is 7.39. The Balaban J connectivity index is 1.88. The molecule has 2 heterocycles. The Morgan fingerprint density at radius 3 is 2.83 bits per heavy atom. The van der Waals surface area contributed by atoms with E-state index in [1.807, 2.05) is 41.7 Å². The summed E-state index contributed by atoms with van der Waals surface area (Å²) in [6.45, 7) is 2.27. The van der Waals surface area contributed by atoms with Gasteiger partial charge in [0.05, 0.1) is 6.04 Å². The van der Waals surface area contributed by atoms with Crippen LogP contribution in [0, 0.1) is 0 Å². The number of benzene rings is 1. The first kappa shape index (κ1) is 12.5. The number of thioether (sulfide) groups is 2. The molecule has 3 atom stereocenters. The zero-order chi connectivity index (χ0) is 12.5. The van der Waals surface area contributed by atoms with Crippen LogP contribution in [0.5, 0.6) is 0 Å². The van der Waals surface area contributed by atoms with Gasteiger partial charge in [-0.2, -0.15) is 23.5 Å². The molecule has 0 spiro atoms. The summed E-state index contributed by atoms with van der Waals surface area (Å²) in [5.41, 5.74) is 7.33. The van der Waals surface area contributed by atoms with E-state index in [1.165, 1.54) is 11.5 Å². The van der Waals surface area contributed by atoms with E-state index in [4.69, 9.17) is 10.2 Å². The number of nitrogens with two attached hydrogens (primary N) is 1. The molecule has 1 fully saturated rings. The summed E-state index contributed by atoms with van der Waals surface area (Å²) in [4.78, 5) is 0. The number of para-hydroxylation sites is 1. The van der Waals surface area contributed by atoms with Crippen molar-refractivity contribution in [1.82, 2.24) is 0 Å². The van der Waals surface area contributed by atoms with E-state index in [2.05, 4.69) is 19.1 Å². The predicted molar refractivity (Wildman–Crippen MR) is 81.3 cm³/mol. The number of fused-ring (bicyclic) bond motifs is 1. The van der Waals surface area contributed by atoms with Gasteiger partial charge in [-0.1, -0.05) is 25.1 Å². The molecule has 0 radical (unpaired) electrons. The van der Waals surface area contributed by atoms with Crippen molar-refractivity contribution in [3.63, 3.8) is 0 Å². The Morgan fingerprint density at radius 2 is 2.06 bits per heavy atom. The molecular weight excluding hydrogens is 262 g/mol. The van der Waals surface area contributed by atoms with Gasteiger partial charge in [-0.25, -0.2) is 0 Å². The maximum Gasteiger partial charge on any atom is 0.134 e. The van der Waals surface area contributed by atoms with Crippen LogP contribution in [-0.4, -0.2) is 22.0 Å². The van der Waals surface area contributed by atoms with Crippen LogP contribution >= 0.6 is 23.5 Å². The summed E-state index contributed by atoms with van der Waals surface area (Å²) in [6, 6.07) is 10.2. The van der Waals surface area contributed by atoms with Gasteiger partial charge in [0.25, 0.3) is 0 Å². The second-order valence-electron chi connectivity index (χ2n) is 4.62. The van der Waals surface area contributed by atoms with Gasteiger partial charge in [0, 0.05) is 27.4 Å². The average Bonchev–Trinajstić information content (AvgIpc) is 2.82. The Kier molecular flexibility index (Phi) is 3.59. The second kappa shape index (κ2) is 5.19. The first-order valence-electron chi connectivity index (χ1n) is 6.23. The van der Waals surface area contributed by atoms with Gasteiger partial charge in [0.2, 0.25) is 0 Å². The fourth-order valence-electron chi connectivity index (χ4n) is 2.37. The fraction of sp³-hybridized carbons (Fsp3) is 0.429. The summed E-state index contributed by atoms with van der Waals surface area (Å²) >= 11 is 3.99. The van der Waals surface area contributed by atoms with E-state index < -0.39 is 0 Å². The smallest absolute Gasteiger partial charge is 0.134 e. The zero-order valence-corrected chi connectivity index (χ0v) is 12.0. The lowest BCUT2D eigenvalue weighted by molar-refractivity contribution is 0.484. The Hall–Kier alpha value is -0.580. The molecule has 1 aromatic heterocycles. The molecule has 2 aromatic rings. The molecule has 2 N–H and O–H groups in total. The van der Waals surface area contributed by atoms with Crippen LogP contribution in [-0.2, 0) is 0 Å². The van der Waals surface area contributed by atoms with E-state index in [9.17, 15) is 0 Å². The van der Waals surface area contributed by atoms with Gasteiger partial charge in [0.1, 0.15) is 11.3 Å². The molecular formula is C14H17NOS2. The molecule has 3 rings (SSSR count). The summed E-state index contributed by atoms with van der Waals surface area (Å²) in [5, 5.41) is 2.18. The van der Waals surface area contributed by atoms with Crippen molar-refractivity contribution in [3.8, 4) is 0 Å². The minimum absolute atomic E-state index is 0.00907. The standard InChI is InChI=1S/C14H17NOS2/c1-9-14(18-7-6-17-9)13(15)12-8-10-4-2-3-5-11(10)16-12/h2-5,8-9,13-14H,6-7,15H2,1H3. The van der Waals surface area contributed by atoms with Crippen molar-refractivity contribution >= 4 is 34.5 Å². The van der Waals surface area contributed by atoms with Crippen LogP contribution in [0.25, 0.3) is 11.0 Å². The quantitative estimate of drug-likeness (QED) is 0.910. The number of furan rings is 1. The molecule has 0 amide bonds. The number of hydrogen-bond donors (Lipinski definition) is 1. The van der Waals surface area contributed by atoms with Gasteiger partial charge < -0.3 is 10.2 Å². The molecule has 96 valence electrons. The van der Waals surface area contributed by atoms with Gasteiger partial charge >= 0.3 is 0 Å². The molecule has 18 heavy (non-hydrogen) atoms. The van der Waals surface area contributed by atoms with Crippen molar-refractivity contribution in [1.29, 1.82) is 0 Å². The average molecular weight is 279 g/mol. The SMILES string of the molecule is CC1SCCSC1C(N)c1cc2ccccc2o1. The first-order chi connectivity index (χ1) is 8.75. The van der Waals surface area contributed by atoms with Gasteiger partial charge in [-0.15, -0.1) is 0 Å². The minimum atomic E-state index is -0.00907. The van der Waals surface area contributed by atoms with Crippen molar-refractivity contribution in [3.05, 3.63) is 36.1 Å². The summed E-state index contributed by atoms with van der Waals surface area (Å²) in [5.74, 6) is 3.34. The topological polar surface area (TPSA) is 39.2 Å². The highest BCUT2D eigenvalue weighted by molar-refractivity contribution is 8.07. The number of rotatable bonds is 2. The summed E-state index contributed by atoms with van der Waals surface area (Å²) in [6.07, 6.45) is 0. The molecule has 0 bridgehead atoms. The van der Waals surface area contributed by atoms with E-state index in [-0.39, 0.29) is 6.04 Å². The third kappa shape index (κ3) is 2.29. The van der Waals surface area contributed by atoms with Crippen LogP contribution in [0.3, 0.4) is 0 Å². The highest BCUT2D eigenvalue weighted by atomic mass is 32.2. The van der Waals surface area contributed by atoms with Crippen molar-refractivity contribution in [2.24, 2.45) is 5.73 Å².